The molecule has 5 heteroatoms. The number of hydrogen-bond donors (Lipinski definition) is 1. The van der Waals surface area contributed by atoms with Gasteiger partial charge in [0.25, 0.3) is 0 Å². The lowest BCUT2D eigenvalue weighted by Gasteiger charge is -2.22. The molecule has 4 nitrogen and oxygen atoms in total. The maximum absolute atomic E-state index is 11.4. The van der Waals surface area contributed by atoms with Crippen molar-refractivity contribution in [2.75, 3.05) is 26.0 Å². The molecule has 1 aromatic rings. The van der Waals surface area contributed by atoms with Crippen molar-refractivity contribution in [3.63, 3.8) is 0 Å². The first-order chi connectivity index (χ1) is 9.05. The molecule has 1 N–H and O–H groups in total. The van der Waals surface area contributed by atoms with Crippen LogP contribution in [0.25, 0.3) is 0 Å². The van der Waals surface area contributed by atoms with Gasteiger partial charge in [0.05, 0.1) is 11.5 Å². The zero-order valence-electron chi connectivity index (χ0n) is 11.3. The molecule has 1 aliphatic rings. The van der Waals surface area contributed by atoms with Gasteiger partial charge in [-0.3, -0.25) is 0 Å². The number of piperidine rings is 1. The predicted molar refractivity (Wildman–Crippen MR) is 75.3 cm³/mol. The Morgan fingerprint density at radius 3 is 2.95 bits per heavy atom. The van der Waals surface area contributed by atoms with Crippen LogP contribution in [0.1, 0.15) is 19.3 Å². The number of nitrogens with one attached hydrogen (secondary N) is 1. The monoisotopic (exact) mass is 283 g/mol. The highest BCUT2D eigenvalue weighted by molar-refractivity contribution is 7.90. The van der Waals surface area contributed by atoms with Gasteiger partial charge in [0.1, 0.15) is 5.75 Å². The van der Waals surface area contributed by atoms with E-state index in [1.54, 1.807) is 24.3 Å². The van der Waals surface area contributed by atoms with Crippen molar-refractivity contribution in [1.82, 2.24) is 5.32 Å². The number of sulfone groups is 1. The Morgan fingerprint density at radius 1 is 1.42 bits per heavy atom. The Hall–Kier alpha value is -1.07. The van der Waals surface area contributed by atoms with Crippen molar-refractivity contribution < 1.29 is 13.2 Å². The molecule has 2 rings (SSSR count). The molecule has 0 aliphatic carbocycles. The van der Waals surface area contributed by atoms with Crippen LogP contribution in [-0.4, -0.2) is 34.4 Å². The summed E-state index contributed by atoms with van der Waals surface area (Å²) in [5.41, 5.74) is 0. The van der Waals surface area contributed by atoms with E-state index in [0.29, 0.717) is 23.2 Å². The molecular formula is C14H21NO3S. The van der Waals surface area contributed by atoms with Crippen LogP contribution in [0.15, 0.2) is 29.2 Å². The molecule has 0 amide bonds. The second kappa shape index (κ2) is 6.39. The lowest BCUT2D eigenvalue weighted by molar-refractivity contribution is 0.253. The van der Waals surface area contributed by atoms with Crippen molar-refractivity contribution >= 4 is 9.84 Å². The summed E-state index contributed by atoms with van der Waals surface area (Å²) in [6.07, 6.45) is 4.70. The summed E-state index contributed by atoms with van der Waals surface area (Å²) in [6.45, 7) is 2.82. The Kier molecular flexibility index (Phi) is 4.82. The van der Waals surface area contributed by atoms with E-state index in [-0.39, 0.29) is 0 Å². The molecule has 1 aliphatic heterocycles. The zero-order chi connectivity index (χ0) is 13.7. The topological polar surface area (TPSA) is 55.4 Å². The first-order valence-electron chi connectivity index (χ1n) is 6.69. The molecule has 0 saturated carbocycles. The quantitative estimate of drug-likeness (QED) is 0.896. The van der Waals surface area contributed by atoms with E-state index in [4.69, 9.17) is 4.74 Å². The van der Waals surface area contributed by atoms with Gasteiger partial charge >= 0.3 is 0 Å². The van der Waals surface area contributed by atoms with Crippen LogP contribution in [-0.2, 0) is 9.84 Å². The smallest absolute Gasteiger partial charge is 0.175 e. The summed E-state index contributed by atoms with van der Waals surface area (Å²) in [5.74, 6) is 1.30. The van der Waals surface area contributed by atoms with Crippen LogP contribution < -0.4 is 10.1 Å². The van der Waals surface area contributed by atoms with Crippen LogP contribution >= 0.6 is 0 Å². The molecule has 1 heterocycles. The SMILES string of the molecule is CS(=O)(=O)c1cccc(OCCC2CCCNC2)c1. The van der Waals surface area contributed by atoms with Crippen molar-refractivity contribution in [3.05, 3.63) is 24.3 Å². The molecule has 1 atom stereocenters. The Morgan fingerprint density at radius 2 is 2.26 bits per heavy atom. The molecule has 1 unspecified atom stereocenters. The molecular weight excluding hydrogens is 262 g/mol. The van der Waals surface area contributed by atoms with Crippen LogP contribution in [0.5, 0.6) is 5.75 Å². The van der Waals surface area contributed by atoms with E-state index in [2.05, 4.69) is 5.32 Å². The molecule has 1 saturated heterocycles. The van der Waals surface area contributed by atoms with Gasteiger partial charge in [0.2, 0.25) is 0 Å². The minimum atomic E-state index is -3.16. The third kappa shape index (κ3) is 4.51. The Labute approximate surface area is 115 Å². The van der Waals surface area contributed by atoms with Crippen molar-refractivity contribution in [2.45, 2.75) is 24.2 Å². The van der Waals surface area contributed by atoms with Crippen molar-refractivity contribution in [2.24, 2.45) is 5.92 Å². The summed E-state index contributed by atoms with van der Waals surface area (Å²) in [5, 5.41) is 3.38. The predicted octanol–water partition coefficient (Wildman–Crippen LogP) is 1.86. The highest BCUT2D eigenvalue weighted by Crippen LogP contribution is 2.19. The van der Waals surface area contributed by atoms with Crippen molar-refractivity contribution in [3.8, 4) is 5.75 Å². The van der Waals surface area contributed by atoms with Crippen LogP contribution in [0, 0.1) is 5.92 Å². The zero-order valence-corrected chi connectivity index (χ0v) is 12.1. The lowest BCUT2D eigenvalue weighted by Crippen LogP contribution is -2.30. The Bertz CT molecular complexity index is 507. The molecule has 0 aromatic heterocycles. The number of benzene rings is 1. The summed E-state index contributed by atoms with van der Waals surface area (Å²) >= 11 is 0. The largest absolute Gasteiger partial charge is 0.494 e. The van der Waals surface area contributed by atoms with Gasteiger partial charge < -0.3 is 10.1 Å². The fraction of sp³-hybridized carbons (Fsp3) is 0.571. The van der Waals surface area contributed by atoms with E-state index in [0.717, 1.165) is 19.5 Å². The fourth-order valence-electron chi connectivity index (χ4n) is 2.31. The summed E-state index contributed by atoms with van der Waals surface area (Å²) in [7, 11) is -3.16. The number of ether oxygens (including phenoxy) is 1. The Balaban J connectivity index is 1.85. The normalized spacial score (nSPS) is 20.2. The number of hydrogen-bond acceptors (Lipinski definition) is 4. The molecule has 1 fully saturated rings. The summed E-state index contributed by atoms with van der Waals surface area (Å²) in [4.78, 5) is 0.310. The standard InChI is InChI=1S/C14H21NO3S/c1-19(16,17)14-6-2-5-13(10-14)18-9-7-12-4-3-8-15-11-12/h2,5-6,10,12,15H,3-4,7-9,11H2,1H3. The van der Waals surface area contributed by atoms with Crippen molar-refractivity contribution in [1.29, 1.82) is 0 Å². The average molecular weight is 283 g/mol. The average Bonchev–Trinajstić information content (AvgIpc) is 2.39. The molecule has 0 bridgehead atoms. The van der Waals surface area contributed by atoms with Gasteiger partial charge in [0.15, 0.2) is 9.84 Å². The molecule has 0 radical (unpaired) electrons. The van der Waals surface area contributed by atoms with Crippen LogP contribution in [0.3, 0.4) is 0 Å². The summed E-state index contributed by atoms with van der Waals surface area (Å²) < 4.78 is 28.5. The van der Waals surface area contributed by atoms with E-state index >= 15 is 0 Å². The van der Waals surface area contributed by atoms with E-state index < -0.39 is 9.84 Å². The van der Waals surface area contributed by atoms with E-state index in [9.17, 15) is 8.42 Å². The highest BCUT2D eigenvalue weighted by Gasteiger charge is 2.13. The first-order valence-corrected chi connectivity index (χ1v) is 8.58. The van der Waals surface area contributed by atoms with Crippen LogP contribution in [0.4, 0.5) is 0 Å². The third-order valence-corrected chi connectivity index (χ3v) is 4.54. The van der Waals surface area contributed by atoms with Gasteiger partial charge in [0, 0.05) is 6.26 Å². The summed E-state index contributed by atoms with van der Waals surface area (Å²) in [6, 6.07) is 6.70. The minimum Gasteiger partial charge on any atom is -0.494 e. The van der Waals surface area contributed by atoms with Crippen LogP contribution in [0.2, 0.25) is 0 Å². The van der Waals surface area contributed by atoms with Gasteiger partial charge in [-0.1, -0.05) is 6.07 Å². The fourth-order valence-corrected chi connectivity index (χ4v) is 2.96. The van der Waals surface area contributed by atoms with Gasteiger partial charge in [-0.15, -0.1) is 0 Å². The van der Waals surface area contributed by atoms with Gasteiger partial charge in [-0.25, -0.2) is 8.42 Å². The van der Waals surface area contributed by atoms with Gasteiger partial charge in [-0.2, -0.15) is 0 Å². The molecule has 19 heavy (non-hydrogen) atoms. The minimum absolute atomic E-state index is 0.310. The third-order valence-electron chi connectivity index (χ3n) is 3.43. The molecule has 0 spiro atoms. The lowest BCUT2D eigenvalue weighted by atomic mass is 9.97. The van der Waals surface area contributed by atoms with Gasteiger partial charge in [-0.05, 0) is 56.5 Å². The number of rotatable bonds is 5. The maximum atomic E-state index is 11.4. The first kappa shape index (κ1) is 14.3. The second-order valence-corrected chi connectivity index (χ2v) is 7.11. The van der Waals surface area contributed by atoms with E-state index in [1.165, 1.54) is 19.1 Å². The molecule has 1 aromatic carbocycles. The molecule has 106 valence electrons. The highest BCUT2D eigenvalue weighted by atomic mass is 32.2. The maximum Gasteiger partial charge on any atom is 0.175 e. The second-order valence-electron chi connectivity index (χ2n) is 5.10. The van der Waals surface area contributed by atoms with E-state index in [1.807, 2.05) is 0 Å².